The topological polar surface area (TPSA) is 9.23 Å². The number of fused-ring (bicyclic) bond motifs is 3. The minimum absolute atomic E-state index is 0.179. The van der Waals surface area contributed by atoms with Crippen LogP contribution in [0.5, 0.6) is 0 Å². The zero-order valence-electron chi connectivity index (χ0n) is 12.9. The average Bonchev–Trinajstić information content (AvgIpc) is 2.53. The first-order valence-corrected chi connectivity index (χ1v) is 7.96. The lowest BCUT2D eigenvalue weighted by Crippen LogP contribution is -2.55. The Hall–Kier alpha value is -0.0400. The van der Waals surface area contributed by atoms with Crippen molar-refractivity contribution in [3.63, 3.8) is 0 Å². The van der Waals surface area contributed by atoms with Crippen molar-refractivity contribution in [2.24, 2.45) is 22.7 Å². The SMILES string of the molecule is CC1C[C@@H]2[C@@]3(C)CCCC(C)(C)[C@@H]3CC[C@@]2(C)O1. The molecule has 1 nitrogen and oxygen atoms in total. The van der Waals surface area contributed by atoms with Crippen molar-refractivity contribution in [3.8, 4) is 0 Å². The van der Waals surface area contributed by atoms with Gasteiger partial charge in [-0.2, -0.15) is 0 Å². The Balaban J connectivity index is 1.98. The summed E-state index contributed by atoms with van der Waals surface area (Å²) in [5, 5.41) is 0. The average molecular weight is 250 g/mol. The van der Waals surface area contributed by atoms with Crippen molar-refractivity contribution < 1.29 is 4.74 Å². The van der Waals surface area contributed by atoms with Crippen LogP contribution in [0.3, 0.4) is 0 Å². The highest BCUT2D eigenvalue weighted by Gasteiger charge is 2.61. The molecule has 0 N–H and O–H groups in total. The van der Waals surface area contributed by atoms with Gasteiger partial charge in [-0.25, -0.2) is 0 Å². The molecule has 0 amide bonds. The smallest absolute Gasteiger partial charge is 0.0692 e. The van der Waals surface area contributed by atoms with E-state index in [2.05, 4.69) is 34.6 Å². The fourth-order valence-corrected chi connectivity index (χ4v) is 6.11. The largest absolute Gasteiger partial charge is 0.372 e. The molecule has 18 heavy (non-hydrogen) atoms. The van der Waals surface area contributed by atoms with Gasteiger partial charge < -0.3 is 4.74 Å². The number of rotatable bonds is 0. The maximum absolute atomic E-state index is 6.34. The van der Waals surface area contributed by atoms with E-state index in [0.717, 1.165) is 11.8 Å². The van der Waals surface area contributed by atoms with Crippen LogP contribution in [0.1, 0.15) is 73.1 Å². The van der Waals surface area contributed by atoms with Gasteiger partial charge in [0.25, 0.3) is 0 Å². The Labute approximate surface area is 113 Å². The summed E-state index contributed by atoms with van der Waals surface area (Å²) >= 11 is 0. The zero-order chi connectivity index (χ0) is 13.2. The van der Waals surface area contributed by atoms with Crippen molar-refractivity contribution in [3.05, 3.63) is 0 Å². The van der Waals surface area contributed by atoms with Crippen LogP contribution in [0.15, 0.2) is 0 Å². The molecule has 104 valence electrons. The van der Waals surface area contributed by atoms with Gasteiger partial charge in [0.1, 0.15) is 0 Å². The first-order chi connectivity index (χ1) is 8.28. The lowest BCUT2D eigenvalue weighted by Gasteiger charge is -2.60. The van der Waals surface area contributed by atoms with Gasteiger partial charge in [-0.3, -0.25) is 0 Å². The predicted octanol–water partition coefficient (Wildman–Crippen LogP) is 4.80. The van der Waals surface area contributed by atoms with Crippen molar-refractivity contribution in [2.75, 3.05) is 0 Å². The van der Waals surface area contributed by atoms with E-state index in [1.807, 2.05) is 0 Å². The Morgan fingerprint density at radius 2 is 1.67 bits per heavy atom. The van der Waals surface area contributed by atoms with Crippen molar-refractivity contribution in [1.29, 1.82) is 0 Å². The molecule has 3 aliphatic rings. The minimum atomic E-state index is 0.179. The zero-order valence-corrected chi connectivity index (χ0v) is 12.9. The highest BCUT2D eigenvalue weighted by atomic mass is 16.5. The molecular weight excluding hydrogens is 220 g/mol. The first kappa shape index (κ1) is 13.0. The van der Waals surface area contributed by atoms with Crippen molar-refractivity contribution in [2.45, 2.75) is 84.8 Å². The molecule has 0 aromatic rings. The van der Waals surface area contributed by atoms with Gasteiger partial charge in [-0.1, -0.05) is 27.2 Å². The monoisotopic (exact) mass is 250 g/mol. The van der Waals surface area contributed by atoms with E-state index in [-0.39, 0.29) is 5.60 Å². The standard InChI is InChI=1S/C17H30O/c1-12-11-14-16(4)9-6-8-15(2,3)13(16)7-10-17(14,5)18-12/h12-14H,6-11H2,1-5H3/t12?,13-,14+,16-,17+/m0/s1. The molecule has 5 atom stereocenters. The van der Waals surface area contributed by atoms with E-state index in [1.54, 1.807) is 0 Å². The predicted molar refractivity (Wildman–Crippen MR) is 75.5 cm³/mol. The van der Waals surface area contributed by atoms with E-state index in [4.69, 9.17) is 4.74 Å². The number of ether oxygens (including phenoxy) is 1. The molecule has 1 unspecified atom stereocenters. The minimum Gasteiger partial charge on any atom is -0.372 e. The second-order valence-corrected chi connectivity index (χ2v) is 8.47. The van der Waals surface area contributed by atoms with Crippen LogP contribution in [0.4, 0.5) is 0 Å². The van der Waals surface area contributed by atoms with Crippen LogP contribution >= 0.6 is 0 Å². The summed E-state index contributed by atoms with van der Waals surface area (Å²) in [6.07, 6.45) is 8.70. The molecule has 1 aliphatic heterocycles. The van der Waals surface area contributed by atoms with Crippen molar-refractivity contribution >= 4 is 0 Å². The highest BCUT2D eigenvalue weighted by Crippen LogP contribution is 2.65. The molecule has 0 aromatic heterocycles. The fourth-order valence-electron chi connectivity index (χ4n) is 6.11. The molecule has 3 rings (SSSR count). The number of hydrogen-bond donors (Lipinski definition) is 0. The summed E-state index contributed by atoms with van der Waals surface area (Å²) in [6, 6.07) is 0. The highest BCUT2D eigenvalue weighted by molar-refractivity contribution is 5.10. The molecule has 0 radical (unpaired) electrons. The van der Waals surface area contributed by atoms with Gasteiger partial charge >= 0.3 is 0 Å². The summed E-state index contributed by atoms with van der Waals surface area (Å²) < 4.78 is 6.34. The Bertz CT molecular complexity index is 348. The molecule has 0 spiro atoms. The van der Waals surface area contributed by atoms with E-state index >= 15 is 0 Å². The second-order valence-electron chi connectivity index (χ2n) is 8.47. The summed E-state index contributed by atoms with van der Waals surface area (Å²) in [4.78, 5) is 0. The Kier molecular flexibility index (Phi) is 2.70. The first-order valence-electron chi connectivity index (χ1n) is 7.96. The molecule has 1 saturated heterocycles. The molecule has 0 bridgehead atoms. The van der Waals surface area contributed by atoms with Gasteiger partial charge in [0.15, 0.2) is 0 Å². The van der Waals surface area contributed by atoms with Gasteiger partial charge in [-0.15, -0.1) is 0 Å². The second kappa shape index (κ2) is 3.75. The molecule has 2 aliphatic carbocycles. The van der Waals surface area contributed by atoms with Gasteiger partial charge in [0.2, 0.25) is 0 Å². The third-order valence-corrected chi connectivity index (χ3v) is 6.78. The lowest BCUT2D eigenvalue weighted by atomic mass is 9.45. The van der Waals surface area contributed by atoms with Crippen LogP contribution in [0.2, 0.25) is 0 Å². The van der Waals surface area contributed by atoms with E-state index in [0.29, 0.717) is 16.9 Å². The normalized spacial score (nSPS) is 54.8. The maximum Gasteiger partial charge on any atom is 0.0692 e. The quantitative estimate of drug-likeness (QED) is 0.600. The van der Waals surface area contributed by atoms with Gasteiger partial charge in [0.05, 0.1) is 11.7 Å². The van der Waals surface area contributed by atoms with Crippen LogP contribution in [-0.2, 0) is 4.74 Å². The molecule has 3 fully saturated rings. The van der Waals surface area contributed by atoms with Crippen LogP contribution in [0, 0.1) is 22.7 Å². The number of hydrogen-bond acceptors (Lipinski definition) is 1. The van der Waals surface area contributed by atoms with Crippen LogP contribution in [0.25, 0.3) is 0 Å². The van der Waals surface area contributed by atoms with Gasteiger partial charge in [0, 0.05) is 0 Å². The molecule has 1 heterocycles. The molecular formula is C17H30O. The molecule has 2 saturated carbocycles. The molecule has 1 heteroatoms. The van der Waals surface area contributed by atoms with Gasteiger partial charge in [-0.05, 0) is 68.6 Å². The van der Waals surface area contributed by atoms with E-state index in [1.165, 1.54) is 38.5 Å². The van der Waals surface area contributed by atoms with E-state index < -0.39 is 0 Å². The fraction of sp³-hybridized carbons (Fsp3) is 1.00. The third-order valence-electron chi connectivity index (χ3n) is 6.78. The third kappa shape index (κ3) is 1.62. The maximum atomic E-state index is 6.34. The van der Waals surface area contributed by atoms with Crippen molar-refractivity contribution in [1.82, 2.24) is 0 Å². The lowest BCUT2D eigenvalue weighted by molar-refractivity contribution is -0.153. The summed E-state index contributed by atoms with van der Waals surface area (Å²) in [5.74, 6) is 1.70. The van der Waals surface area contributed by atoms with Crippen LogP contribution in [-0.4, -0.2) is 11.7 Å². The Morgan fingerprint density at radius 3 is 2.39 bits per heavy atom. The van der Waals surface area contributed by atoms with E-state index in [9.17, 15) is 0 Å². The Morgan fingerprint density at radius 1 is 0.944 bits per heavy atom. The summed E-state index contributed by atoms with van der Waals surface area (Å²) in [7, 11) is 0. The summed E-state index contributed by atoms with van der Waals surface area (Å²) in [6.45, 7) is 12.3. The van der Waals surface area contributed by atoms with Crippen LogP contribution < -0.4 is 0 Å². The molecule has 0 aromatic carbocycles. The summed E-state index contributed by atoms with van der Waals surface area (Å²) in [5.41, 5.74) is 1.25.